The van der Waals surface area contributed by atoms with Crippen molar-refractivity contribution < 1.29 is 13.9 Å². The van der Waals surface area contributed by atoms with Crippen molar-refractivity contribution in [3.63, 3.8) is 0 Å². The molecule has 0 unspecified atom stereocenters. The summed E-state index contributed by atoms with van der Waals surface area (Å²) in [6.07, 6.45) is 0.407. The zero-order valence-electron chi connectivity index (χ0n) is 17.0. The number of benzene rings is 2. The number of rotatable bonds is 5. The van der Waals surface area contributed by atoms with E-state index in [9.17, 15) is 4.89 Å². The number of para-hydroxylation sites is 2. The maximum atomic E-state index is 11.2. The van der Waals surface area contributed by atoms with Gasteiger partial charge in [-0.3, -0.25) is 9.05 Å². The Labute approximate surface area is 159 Å². The van der Waals surface area contributed by atoms with Crippen LogP contribution in [-0.4, -0.2) is 11.1 Å². The topological polar surface area (TPSA) is 38.7 Å². The third-order valence-electron chi connectivity index (χ3n) is 4.27. The third-order valence-corrected chi connectivity index (χ3v) is 6.03. The minimum Gasteiger partial charge on any atom is -0.278 e. The van der Waals surface area contributed by atoms with Crippen LogP contribution in [-0.2, 0) is 10.8 Å². The van der Waals surface area contributed by atoms with Crippen LogP contribution in [0.2, 0.25) is 0 Å². The summed E-state index contributed by atoms with van der Waals surface area (Å²) in [5.41, 5.74) is 1.94. The van der Waals surface area contributed by atoms with E-state index >= 15 is 0 Å². The summed E-state index contributed by atoms with van der Waals surface area (Å²) in [4.78, 5) is 11.2. The van der Waals surface area contributed by atoms with Crippen LogP contribution in [0.3, 0.4) is 0 Å². The van der Waals surface area contributed by atoms with Crippen LogP contribution in [0.1, 0.15) is 59.6 Å². The molecule has 0 atom stereocenters. The monoisotopic (exact) mass is 375 g/mol. The van der Waals surface area contributed by atoms with Gasteiger partial charge in [0.2, 0.25) is 0 Å². The fourth-order valence-corrected chi connectivity index (χ4v) is 4.02. The van der Waals surface area contributed by atoms with Gasteiger partial charge >= 0.3 is 7.94 Å². The molecular weight excluding hydrogens is 343 g/mol. The standard InChI is InChI=1S/C22H32O3P/c1-8-26(23,24-19-15-11-9-13-17(19)21(2,3)4)25-20-16-12-10-14-18(20)22(5,6)7/h9-16,23H,8H2,1-7H3/q+1. The van der Waals surface area contributed by atoms with Gasteiger partial charge in [0.25, 0.3) is 0 Å². The summed E-state index contributed by atoms with van der Waals surface area (Å²) in [5, 5.41) is 0. The number of hydrogen-bond donors (Lipinski definition) is 1. The van der Waals surface area contributed by atoms with E-state index in [0.717, 1.165) is 11.1 Å². The second kappa shape index (κ2) is 7.58. The Morgan fingerprint density at radius 2 is 1.08 bits per heavy atom. The number of hydrogen-bond acceptors (Lipinski definition) is 3. The lowest BCUT2D eigenvalue weighted by Crippen LogP contribution is -2.18. The molecule has 4 heteroatoms. The molecule has 0 aromatic heterocycles. The minimum absolute atomic E-state index is 0.0848. The van der Waals surface area contributed by atoms with Crippen molar-refractivity contribution in [1.29, 1.82) is 0 Å². The van der Waals surface area contributed by atoms with E-state index in [4.69, 9.17) is 9.05 Å². The molecule has 2 rings (SSSR count). The van der Waals surface area contributed by atoms with Crippen LogP contribution in [0.4, 0.5) is 0 Å². The molecule has 0 aliphatic carbocycles. The zero-order valence-corrected chi connectivity index (χ0v) is 17.9. The van der Waals surface area contributed by atoms with Crippen LogP contribution >= 0.6 is 7.94 Å². The Morgan fingerprint density at radius 1 is 0.731 bits per heavy atom. The second-order valence-corrected chi connectivity index (χ2v) is 10.9. The molecule has 0 spiro atoms. The highest BCUT2D eigenvalue weighted by molar-refractivity contribution is 7.61. The lowest BCUT2D eigenvalue weighted by Gasteiger charge is -2.26. The van der Waals surface area contributed by atoms with Gasteiger partial charge in [-0.2, -0.15) is 4.89 Å². The van der Waals surface area contributed by atoms with Crippen LogP contribution in [0.25, 0.3) is 0 Å². The Morgan fingerprint density at radius 3 is 1.38 bits per heavy atom. The molecule has 0 radical (unpaired) electrons. The fraction of sp³-hybridized carbons (Fsp3) is 0.455. The highest BCUT2D eigenvalue weighted by atomic mass is 31.2. The van der Waals surface area contributed by atoms with Gasteiger partial charge < -0.3 is 0 Å². The molecule has 0 saturated carbocycles. The van der Waals surface area contributed by atoms with Gasteiger partial charge in [0, 0.05) is 11.1 Å². The van der Waals surface area contributed by atoms with E-state index in [2.05, 4.69) is 41.5 Å². The second-order valence-electron chi connectivity index (χ2n) is 8.63. The maximum Gasteiger partial charge on any atom is 0.494 e. The summed E-state index contributed by atoms with van der Waals surface area (Å²) in [7, 11) is -3.09. The molecule has 1 N–H and O–H groups in total. The van der Waals surface area contributed by atoms with Crippen molar-refractivity contribution in [2.75, 3.05) is 6.16 Å². The van der Waals surface area contributed by atoms with Crippen LogP contribution in [0, 0.1) is 0 Å². The quantitative estimate of drug-likeness (QED) is 0.605. The van der Waals surface area contributed by atoms with E-state index in [1.807, 2.05) is 55.5 Å². The Bertz CT molecular complexity index is 682. The van der Waals surface area contributed by atoms with Crippen LogP contribution in [0.15, 0.2) is 48.5 Å². The molecule has 2 aromatic rings. The first kappa shape index (κ1) is 20.7. The molecule has 0 saturated heterocycles. The van der Waals surface area contributed by atoms with Gasteiger partial charge in [-0.25, -0.2) is 0 Å². The summed E-state index contributed by atoms with van der Waals surface area (Å²) in [5.74, 6) is 1.37. The van der Waals surface area contributed by atoms with Gasteiger partial charge in [0.05, 0.1) is 0 Å². The van der Waals surface area contributed by atoms with Crippen LogP contribution in [0.5, 0.6) is 11.5 Å². The normalized spacial score (nSPS) is 12.8. The minimum atomic E-state index is -3.09. The third kappa shape index (κ3) is 4.99. The summed E-state index contributed by atoms with van der Waals surface area (Å²) < 4.78 is 12.2. The first-order chi connectivity index (χ1) is 12.0. The van der Waals surface area contributed by atoms with Crippen molar-refractivity contribution >= 4 is 7.94 Å². The molecule has 142 valence electrons. The summed E-state index contributed by atoms with van der Waals surface area (Å²) in [6, 6.07) is 15.7. The van der Waals surface area contributed by atoms with Crippen LogP contribution < -0.4 is 9.05 Å². The van der Waals surface area contributed by atoms with E-state index < -0.39 is 7.94 Å². The molecule has 0 fully saturated rings. The van der Waals surface area contributed by atoms with Crippen molar-refractivity contribution in [1.82, 2.24) is 0 Å². The first-order valence-corrected chi connectivity index (χ1v) is 10.9. The molecule has 0 heterocycles. The van der Waals surface area contributed by atoms with Gasteiger partial charge in [0.1, 0.15) is 0 Å². The largest absolute Gasteiger partial charge is 0.494 e. The zero-order chi connectivity index (χ0) is 19.6. The van der Waals surface area contributed by atoms with Gasteiger partial charge in [0.15, 0.2) is 17.7 Å². The van der Waals surface area contributed by atoms with E-state index in [0.29, 0.717) is 17.7 Å². The lowest BCUT2D eigenvalue weighted by atomic mass is 9.86. The average molecular weight is 375 g/mol. The molecule has 2 aromatic carbocycles. The van der Waals surface area contributed by atoms with Crippen molar-refractivity contribution in [2.45, 2.75) is 59.3 Å². The summed E-state index contributed by atoms with van der Waals surface area (Å²) >= 11 is 0. The van der Waals surface area contributed by atoms with E-state index in [1.54, 1.807) is 0 Å². The van der Waals surface area contributed by atoms with E-state index in [-0.39, 0.29) is 10.8 Å². The lowest BCUT2D eigenvalue weighted by molar-refractivity contribution is 0.340. The molecule has 3 nitrogen and oxygen atoms in total. The Balaban J connectivity index is 2.38. The predicted molar refractivity (Wildman–Crippen MR) is 111 cm³/mol. The van der Waals surface area contributed by atoms with Crippen molar-refractivity contribution in [3.05, 3.63) is 59.7 Å². The first-order valence-electron chi connectivity index (χ1n) is 9.15. The molecule has 0 amide bonds. The Kier molecular flexibility index (Phi) is 6.05. The average Bonchev–Trinajstić information content (AvgIpc) is 2.54. The fourth-order valence-electron chi connectivity index (χ4n) is 2.79. The van der Waals surface area contributed by atoms with Gasteiger partial charge in [-0.15, -0.1) is 0 Å². The van der Waals surface area contributed by atoms with Crippen molar-refractivity contribution in [3.8, 4) is 11.5 Å². The summed E-state index contributed by atoms with van der Waals surface area (Å²) in [6.45, 7) is 14.7. The SMILES string of the molecule is CC[P+](O)(Oc1ccccc1C(C)(C)C)Oc1ccccc1C(C)(C)C. The smallest absolute Gasteiger partial charge is 0.278 e. The molecule has 0 bridgehead atoms. The van der Waals surface area contributed by atoms with Gasteiger partial charge in [-0.1, -0.05) is 77.9 Å². The van der Waals surface area contributed by atoms with E-state index in [1.165, 1.54) is 0 Å². The molecule has 0 aliphatic heterocycles. The highest BCUT2D eigenvalue weighted by Gasteiger charge is 2.43. The highest BCUT2D eigenvalue weighted by Crippen LogP contribution is 2.57. The van der Waals surface area contributed by atoms with Gasteiger partial charge in [-0.05, 0) is 29.9 Å². The predicted octanol–water partition coefficient (Wildman–Crippen LogP) is 6.51. The molecular formula is C22H32O3P+. The maximum absolute atomic E-state index is 11.2. The molecule has 0 aliphatic rings. The molecule has 26 heavy (non-hydrogen) atoms. The van der Waals surface area contributed by atoms with Crippen molar-refractivity contribution in [2.24, 2.45) is 0 Å². The Hall–Kier alpha value is -1.57.